The van der Waals surface area contributed by atoms with Crippen molar-refractivity contribution in [3.8, 4) is 11.8 Å². The molecule has 3 nitrogen and oxygen atoms in total. The third-order valence-electron chi connectivity index (χ3n) is 2.81. The molecule has 2 aromatic rings. The Labute approximate surface area is 127 Å². The fraction of sp³-hybridized carbons (Fsp3) is 0.176. The van der Waals surface area contributed by atoms with Crippen LogP contribution in [0.4, 0.5) is 0 Å². The van der Waals surface area contributed by atoms with E-state index in [1.807, 2.05) is 13.0 Å². The van der Waals surface area contributed by atoms with Crippen LogP contribution >= 0.6 is 0 Å². The van der Waals surface area contributed by atoms with Crippen molar-refractivity contribution >= 4 is 10.0 Å². The van der Waals surface area contributed by atoms with Crippen molar-refractivity contribution in [3.63, 3.8) is 0 Å². The van der Waals surface area contributed by atoms with E-state index in [9.17, 15) is 8.42 Å². The molecular formula is C17H17NO2S. The molecule has 0 heterocycles. The summed E-state index contributed by atoms with van der Waals surface area (Å²) in [7, 11) is -3.49. The van der Waals surface area contributed by atoms with E-state index >= 15 is 0 Å². The predicted molar refractivity (Wildman–Crippen MR) is 84.3 cm³/mol. The highest BCUT2D eigenvalue weighted by atomic mass is 32.2. The van der Waals surface area contributed by atoms with Gasteiger partial charge in [0.05, 0.1) is 6.27 Å². The number of sulfonamides is 1. The number of nitrogens with one attached hydrogen (secondary N) is 1. The van der Waals surface area contributed by atoms with Gasteiger partial charge in [0.25, 0.3) is 0 Å². The van der Waals surface area contributed by atoms with Crippen molar-refractivity contribution in [1.82, 2.24) is 4.72 Å². The van der Waals surface area contributed by atoms with Gasteiger partial charge in [-0.05, 0) is 31.2 Å². The van der Waals surface area contributed by atoms with Crippen molar-refractivity contribution in [2.45, 2.75) is 18.2 Å². The Morgan fingerprint density at radius 2 is 1.90 bits per heavy atom. The maximum Gasteiger partial charge on any atom is 0.240 e. The van der Waals surface area contributed by atoms with E-state index in [1.54, 1.807) is 42.5 Å². The third-order valence-corrected chi connectivity index (χ3v) is 4.28. The standard InChI is InChI=1S/C17H17NO2S/c1-15-10-12-17(13-11-15)21(19,20)18-14-6-5-9-16-7-3-2-4-8-16/h2-4,7-8,10-13,18H,6,14H2,1H3/i7D. The largest absolute Gasteiger partial charge is 0.240 e. The van der Waals surface area contributed by atoms with Crippen molar-refractivity contribution in [2.24, 2.45) is 0 Å². The molecule has 21 heavy (non-hydrogen) atoms. The molecule has 0 amide bonds. The molecular weight excluding hydrogens is 282 g/mol. The fourth-order valence-corrected chi connectivity index (χ4v) is 2.71. The molecule has 1 N–H and O–H groups in total. The highest BCUT2D eigenvalue weighted by molar-refractivity contribution is 7.89. The molecule has 2 aromatic carbocycles. The molecule has 0 unspecified atom stereocenters. The van der Waals surface area contributed by atoms with Crippen molar-refractivity contribution in [3.05, 3.63) is 65.7 Å². The van der Waals surface area contributed by atoms with Gasteiger partial charge < -0.3 is 0 Å². The lowest BCUT2D eigenvalue weighted by Gasteiger charge is -2.05. The smallest absolute Gasteiger partial charge is 0.210 e. The first-order valence-corrected chi connectivity index (χ1v) is 8.08. The van der Waals surface area contributed by atoms with Crippen LogP contribution in [0.2, 0.25) is 0 Å². The van der Waals surface area contributed by atoms with Gasteiger partial charge >= 0.3 is 0 Å². The third kappa shape index (κ3) is 4.75. The summed E-state index contributed by atoms with van der Waals surface area (Å²) in [5, 5.41) is 0. The number of hydrogen-bond acceptors (Lipinski definition) is 2. The SMILES string of the molecule is [2H]c1ccccc1C#CCCNS(=O)(=O)c1ccc(C)cc1. The second-order valence-electron chi connectivity index (χ2n) is 4.54. The van der Waals surface area contributed by atoms with Gasteiger partial charge in [-0.25, -0.2) is 13.1 Å². The van der Waals surface area contributed by atoms with E-state index in [4.69, 9.17) is 1.37 Å². The molecule has 0 aliphatic carbocycles. The van der Waals surface area contributed by atoms with Gasteiger partial charge in [0.2, 0.25) is 10.0 Å². The normalized spacial score (nSPS) is 11.4. The maximum atomic E-state index is 12.0. The summed E-state index contributed by atoms with van der Waals surface area (Å²) in [5.41, 5.74) is 1.66. The van der Waals surface area contributed by atoms with E-state index in [0.29, 0.717) is 18.0 Å². The van der Waals surface area contributed by atoms with Gasteiger partial charge in [0.15, 0.2) is 0 Å². The summed E-state index contributed by atoms with van der Waals surface area (Å²) >= 11 is 0. The Morgan fingerprint density at radius 3 is 2.62 bits per heavy atom. The Hall–Kier alpha value is -2.09. The minimum atomic E-state index is -3.49. The summed E-state index contributed by atoms with van der Waals surface area (Å²) in [6, 6.07) is 14.1. The predicted octanol–water partition coefficient (Wildman–Crippen LogP) is 2.72. The molecule has 0 spiro atoms. The quantitative estimate of drug-likeness (QED) is 0.697. The van der Waals surface area contributed by atoms with Crippen molar-refractivity contribution in [2.75, 3.05) is 6.54 Å². The molecule has 0 atom stereocenters. The average Bonchev–Trinajstić information content (AvgIpc) is 2.49. The van der Waals surface area contributed by atoms with E-state index < -0.39 is 10.0 Å². The summed E-state index contributed by atoms with van der Waals surface area (Å²) in [6.45, 7) is 2.15. The second kappa shape index (κ2) is 7.07. The summed E-state index contributed by atoms with van der Waals surface area (Å²) in [4.78, 5) is 0.252. The van der Waals surface area contributed by atoms with Crippen LogP contribution in [0.1, 0.15) is 18.9 Å². The van der Waals surface area contributed by atoms with E-state index in [2.05, 4.69) is 16.6 Å². The zero-order valence-electron chi connectivity index (χ0n) is 12.8. The Bertz CT molecular complexity index is 803. The minimum Gasteiger partial charge on any atom is -0.210 e. The number of rotatable bonds is 4. The number of benzene rings is 2. The number of aryl methyl sites for hydroxylation is 1. The van der Waals surface area contributed by atoms with Crippen LogP contribution in [0.25, 0.3) is 0 Å². The molecule has 2 rings (SSSR count). The van der Waals surface area contributed by atoms with Gasteiger partial charge in [-0.3, -0.25) is 0 Å². The highest BCUT2D eigenvalue weighted by Gasteiger charge is 2.11. The lowest BCUT2D eigenvalue weighted by atomic mass is 10.2. The first-order chi connectivity index (χ1) is 10.5. The first-order valence-electron chi connectivity index (χ1n) is 7.10. The van der Waals surface area contributed by atoms with Crippen LogP contribution < -0.4 is 4.72 Å². The minimum absolute atomic E-state index is 0.239. The van der Waals surface area contributed by atoms with Crippen LogP contribution in [0.3, 0.4) is 0 Å². The molecule has 0 radical (unpaired) electrons. The molecule has 0 aliphatic heterocycles. The van der Waals surface area contributed by atoms with Crippen LogP contribution in [0, 0.1) is 18.8 Å². The summed E-state index contributed by atoms with van der Waals surface area (Å²) in [6.07, 6.45) is 0.388. The summed E-state index contributed by atoms with van der Waals surface area (Å²) < 4.78 is 34.3. The highest BCUT2D eigenvalue weighted by Crippen LogP contribution is 2.09. The van der Waals surface area contributed by atoms with Crippen LogP contribution in [-0.4, -0.2) is 15.0 Å². The van der Waals surface area contributed by atoms with E-state index in [-0.39, 0.29) is 11.4 Å². The zero-order valence-corrected chi connectivity index (χ0v) is 12.6. The Balaban J connectivity index is 1.92. The molecule has 0 saturated heterocycles. The van der Waals surface area contributed by atoms with Gasteiger partial charge in [0, 0.05) is 18.5 Å². The zero-order chi connectivity index (χ0) is 16.0. The molecule has 0 saturated carbocycles. The van der Waals surface area contributed by atoms with E-state index in [0.717, 1.165) is 5.56 Å². The number of hydrogen-bond donors (Lipinski definition) is 1. The second-order valence-corrected chi connectivity index (χ2v) is 6.31. The molecule has 4 heteroatoms. The summed E-state index contributed by atoms with van der Waals surface area (Å²) in [5.74, 6) is 5.75. The monoisotopic (exact) mass is 300 g/mol. The molecule has 0 aliphatic rings. The Kier molecular flexibility index (Phi) is 4.67. The average molecular weight is 300 g/mol. The maximum absolute atomic E-state index is 12.0. The lowest BCUT2D eigenvalue weighted by Crippen LogP contribution is -2.24. The van der Waals surface area contributed by atoms with Crippen molar-refractivity contribution < 1.29 is 9.79 Å². The Morgan fingerprint density at radius 1 is 1.14 bits per heavy atom. The van der Waals surface area contributed by atoms with Crippen molar-refractivity contribution in [1.29, 1.82) is 0 Å². The van der Waals surface area contributed by atoms with Gasteiger partial charge in [-0.1, -0.05) is 47.7 Å². The van der Waals surface area contributed by atoms with Crippen LogP contribution in [-0.2, 0) is 10.0 Å². The lowest BCUT2D eigenvalue weighted by molar-refractivity contribution is 0.582. The topological polar surface area (TPSA) is 46.2 Å². The van der Waals surface area contributed by atoms with Crippen LogP contribution in [0.15, 0.2) is 59.5 Å². The van der Waals surface area contributed by atoms with E-state index in [1.165, 1.54) is 0 Å². The molecule has 0 bridgehead atoms. The van der Waals surface area contributed by atoms with Gasteiger partial charge in [0.1, 0.15) is 0 Å². The van der Waals surface area contributed by atoms with Gasteiger partial charge in [-0.2, -0.15) is 0 Å². The fourth-order valence-electron chi connectivity index (χ4n) is 1.68. The molecule has 0 fully saturated rings. The van der Waals surface area contributed by atoms with Gasteiger partial charge in [-0.15, -0.1) is 0 Å². The van der Waals surface area contributed by atoms with Crippen LogP contribution in [0.5, 0.6) is 0 Å². The molecule has 108 valence electrons. The molecule has 0 aromatic heterocycles. The first kappa shape index (κ1) is 13.9.